The molecule has 2 nitrogen and oxygen atoms in total. The third kappa shape index (κ3) is 3.00. The highest BCUT2D eigenvalue weighted by Crippen LogP contribution is 2.26. The lowest BCUT2D eigenvalue weighted by atomic mass is 10.0. The van der Waals surface area contributed by atoms with E-state index in [0.717, 1.165) is 28.6 Å². The Bertz CT molecular complexity index is 301. The standard InChI is InChI=1S/C11H16BrNO/c1-3-4-11(13)8-5-9(12)7-10(6-8)14-2/h5-7,11H,3-4,13H2,1-2H3/t11-/m0/s1. The van der Waals surface area contributed by atoms with E-state index in [1.165, 1.54) is 0 Å². The van der Waals surface area contributed by atoms with Crippen molar-refractivity contribution in [3.05, 3.63) is 28.2 Å². The van der Waals surface area contributed by atoms with E-state index in [9.17, 15) is 0 Å². The van der Waals surface area contributed by atoms with Crippen molar-refractivity contribution in [3.63, 3.8) is 0 Å². The van der Waals surface area contributed by atoms with Crippen LogP contribution in [-0.2, 0) is 0 Å². The van der Waals surface area contributed by atoms with E-state index >= 15 is 0 Å². The van der Waals surface area contributed by atoms with Gasteiger partial charge in [-0.15, -0.1) is 0 Å². The monoisotopic (exact) mass is 257 g/mol. The van der Waals surface area contributed by atoms with Crippen molar-refractivity contribution in [1.82, 2.24) is 0 Å². The van der Waals surface area contributed by atoms with Gasteiger partial charge in [-0.05, 0) is 30.2 Å². The number of ether oxygens (including phenoxy) is 1. The van der Waals surface area contributed by atoms with Gasteiger partial charge in [-0.2, -0.15) is 0 Å². The SMILES string of the molecule is CCC[C@H](N)c1cc(Br)cc(OC)c1. The molecule has 0 saturated carbocycles. The Labute approximate surface area is 93.6 Å². The maximum Gasteiger partial charge on any atom is 0.120 e. The molecule has 1 rings (SSSR count). The first-order valence-corrected chi connectivity index (χ1v) is 5.56. The van der Waals surface area contributed by atoms with E-state index in [-0.39, 0.29) is 6.04 Å². The van der Waals surface area contributed by atoms with Gasteiger partial charge in [0, 0.05) is 10.5 Å². The van der Waals surface area contributed by atoms with Gasteiger partial charge in [-0.3, -0.25) is 0 Å². The summed E-state index contributed by atoms with van der Waals surface area (Å²) in [4.78, 5) is 0. The summed E-state index contributed by atoms with van der Waals surface area (Å²) in [7, 11) is 1.66. The summed E-state index contributed by atoms with van der Waals surface area (Å²) in [5.41, 5.74) is 7.14. The van der Waals surface area contributed by atoms with E-state index in [1.54, 1.807) is 7.11 Å². The smallest absolute Gasteiger partial charge is 0.120 e. The highest BCUT2D eigenvalue weighted by atomic mass is 79.9. The average molecular weight is 258 g/mol. The predicted octanol–water partition coefficient (Wildman–Crippen LogP) is 3.26. The molecule has 0 aromatic heterocycles. The number of nitrogens with two attached hydrogens (primary N) is 1. The number of hydrogen-bond acceptors (Lipinski definition) is 2. The van der Waals surface area contributed by atoms with Gasteiger partial charge in [0.05, 0.1) is 7.11 Å². The summed E-state index contributed by atoms with van der Waals surface area (Å²) in [6, 6.07) is 6.07. The first kappa shape index (κ1) is 11.5. The Kier molecular flexibility index (Phi) is 4.42. The lowest BCUT2D eigenvalue weighted by Crippen LogP contribution is -2.09. The van der Waals surface area contributed by atoms with Crippen LogP contribution in [0, 0.1) is 0 Å². The van der Waals surface area contributed by atoms with Crippen LogP contribution in [0.3, 0.4) is 0 Å². The minimum atomic E-state index is 0.103. The predicted molar refractivity (Wildman–Crippen MR) is 62.5 cm³/mol. The van der Waals surface area contributed by atoms with Gasteiger partial charge in [-0.1, -0.05) is 29.3 Å². The molecular weight excluding hydrogens is 242 g/mol. The first-order chi connectivity index (χ1) is 6.67. The lowest BCUT2D eigenvalue weighted by molar-refractivity contribution is 0.413. The first-order valence-electron chi connectivity index (χ1n) is 4.77. The molecule has 0 aliphatic carbocycles. The molecule has 1 aromatic rings. The van der Waals surface area contributed by atoms with Gasteiger partial charge >= 0.3 is 0 Å². The van der Waals surface area contributed by atoms with Crippen LogP contribution in [0.1, 0.15) is 31.4 Å². The van der Waals surface area contributed by atoms with Gasteiger partial charge in [0.25, 0.3) is 0 Å². The largest absolute Gasteiger partial charge is 0.497 e. The summed E-state index contributed by atoms with van der Waals surface area (Å²) < 4.78 is 6.19. The van der Waals surface area contributed by atoms with Crippen molar-refractivity contribution in [2.24, 2.45) is 5.73 Å². The Morgan fingerprint density at radius 1 is 1.43 bits per heavy atom. The average Bonchev–Trinajstić information content (AvgIpc) is 2.17. The molecular formula is C11H16BrNO. The van der Waals surface area contributed by atoms with Crippen molar-refractivity contribution in [2.45, 2.75) is 25.8 Å². The molecule has 2 N–H and O–H groups in total. The Hall–Kier alpha value is -0.540. The molecule has 14 heavy (non-hydrogen) atoms. The second-order valence-electron chi connectivity index (χ2n) is 3.32. The third-order valence-corrected chi connectivity index (χ3v) is 2.61. The Morgan fingerprint density at radius 3 is 2.71 bits per heavy atom. The van der Waals surface area contributed by atoms with Crippen LogP contribution < -0.4 is 10.5 Å². The van der Waals surface area contributed by atoms with Crippen LogP contribution in [0.25, 0.3) is 0 Å². The number of rotatable bonds is 4. The number of halogens is 1. The summed E-state index contributed by atoms with van der Waals surface area (Å²) in [6.07, 6.45) is 2.09. The zero-order valence-corrected chi connectivity index (χ0v) is 10.2. The van der Waals surface area contributed by atoms with Gasteiger partial charge < -0.3 is 10.5 Å². The Balaban J connectivity index is 2.90. The van der Waals surface area contributed by atoms with Crippen LogP contribution in [0.15, 0.2) is 22.7 Å². The molecule has 3 heteroatoms. The van der Waals surface area contributed by atoms with Crippen LogP contribution in [-0.4, -0.2) is 7.11 Å². The molecule has 0 aliphatic rings. The van der Waals surface area contributed by atoms with Crippen LogP contribution in [0.2, 0.25) is 0 Å². The third-order valence-electron chi connectivity index (χ3n) is 2.16. The van der Waals surface area contributed by atoms with Crippen molar-refractivity contribution in [3.8, 4) is 5.75 Å². The molecule has 0 heterocycles. The highest BCUT2D eigenvalue weighted by Gasteiger charge is 2.07. The molecule has 0 spiro atoms. The highest BCUT2D eigenvalue weighted by molar-refractivity contribution is 9.10. The summed E-state index contributed by atoms with van der Waals surface area (Å²) in [5, 5.41) is 0. The fourth-order valence-electron chi connectivity index (χ4n) is 1.39. The molecule has 78 valence electrons. The minimum absolute atomic E-state index is 0.103. The molecule has 0 radical (unpaired) electrons. The van der Waals surface area contributed by atoms with Gasteiger partial charge in [-0.25, -0.2) is 0 Å². The van der Waals surface area contributed by atoms with Crippen LogP contribution >= 0.6 is 15.9 Å². The van der Waals surface area contributed by atoms with Crippen molar-refractivity contribution < 1.29 is 4.74 Å². The van der Waals surface area contributed by atoms with Gasteiger partial charge in [0.15, 0.2) is 0 Å². The zero-order chi connectivity index (χ0) is 10.6. The Morgan fingerprint density at radius 2 is 2.14 bits per heavy atom. The summed E-state index contributed by atoms with van der Waals surface area (Å²) in [5.74, 6) is 0.848. The van der Waals surface area contributed by atoms with E-state index in [0.29, 0.717) is 0 Å². The maximum absolute atomic E-state index is 6.02. The molecule has 0 fully saturated rings. The van der Waals surface area contributed by atoms with Crippen molar-refractivity contribution in [1.29, 1.82) is 0 Å². The molecule has 1 aromatic carbocycles. The van der Waals surface area contributed by atoms with Gasteiger partial charge in [0.2, 0.25) is 0 Å². The quantitative estimate of drug-likeness (QED) is 0.899. The molecule has 0 saturated heterocycles. The minimum Gasteiger partial charge on any atom is -0.497 e. The lowest BCUT2D eigenvalue weighted by Gasteiger charge is -2.12. The van der Waals surface area contributed by atoms with E-state index in [1.807, 2.05) is 18.2 Å². The van der Waals surface area contributed by atoms with E-state index in [4.69, 9.17) is 10.5 Å². The zero-order valence-electron chi connectivity index (χ0n) is 8.59. The fourth-order valence-corrected chi connectivity index (χ4v) is 1.88. The van der Waals surface area contributed by atoms with Crippen LogP contribution in [0.4, 0.5) is 0 Å². The summed E-state index contributed by atoms with van der Waals surface area (Å²) >= 11 is 3.44. The van der Waals surface area contributed by atoms with Crippen molar-refractivity contribution >= 4 is 15.9 Å². The molecule has 0 aliphatic heterocycles. The summed E-state index contributed by atoms with van der Waals surface area (Å²) in [6.45, 7) is 2.13. The van der Waals surface area contributed by atoms with Gasteiger partial charge in [0.1, 0.15) is 5.75 Å². The fraction of sp³-hybridized carbons (Fsp3) is 0.455. The normalized spacial score (nSPS) is 12.6. The second kappa shape index (κ2) is 5.37. The maximum atomic E-state index is 6.02. The van der Waals surface area contributed by atoms with Crippen molar-refractivity contribution in [2.75, 3.05) is 7.11 Å². The second-order valence-corrected chi connectivity index (χ2v) is 4.24. The molecule has 1 atom stereocenters. The number of methoxy groups -OCH3 is 1. The molecule has 0 amide bonds. The van der Waals surface area contributed by atoms with E-state index in [2.05, 4.69) is 22.9 Å². The molecule has 0 unspecified atom stereocenters. The number of benzene rings is 1. The van der Waals surface area contributed by atoms with Crippen LogP contribution in [0.5, 0.6) is 5.75 Å². The van der Waals surface area contributed by atoms with E-state index < -0.39 is 0 Å². The topological polar surface area (TPSA) is 35.2 Å². The molecule has 0 bridgehead atoms. The number of hydrogen-bond donors (Lipinski definition) is 1.